The topological polar surface area (TPSA) is 58.4 Å². The van der Waals surface area contributed by atoms with Gasteiger partial charge in [-0.05, 0) is 57.0 Å². The molecule has 1 heterocycles. The molecule has 0 spiro atoms. The Balaban J connectivity index is 1.98. The molecule has 4 heteroatoms. The van der Waals surface area contributed by atoms with Crippen molar-refractivity contribution in [3.8, 4) is 0 Å². The summed E-state index contributed by atoms with van der Waals surface area (Å²) in [5, 5.41) is 3.03. The monoisotopic (exact) mass is 261 g/mol. The second-order valence-electron chi connectivity index (χ2n) is 5.65. The van der Waals surface area contributed by atoms with E-state index in [0.29, 0.717) is 17.2 Å². The van der Waals surface area contributed by atoms with Crippen molar-refractivity contribution >= 4 is 11.6 Å². The van der Waals surface area contributed by atoms with E-state index in [1.807, 2.05) is 19.9 Å². The molecule has 1 aliphatic rings. The molecule has 0 saturated carbocycles. The summed E-state index contributed by atoms with van der Waals surface area (Å²) in [5.74, 6) is 0.552. The molecule has 1 atom stereocenters. The number of nitrogen functional groups attached to an aromatic ring is 1. The van der Waals surface area contributed by atoms with Gasteiger partial charge in [0.1, 0.15) is 0 Å². The van der Waals surface area contributed by atoms with E-state index in [-0.39, 0.29) is 5.91 Å². The lowest BCUT2D eigenvalue weighted by molar-refractivity contribution is 0.0947. The van der Waals surface area contributed by atoms with Crippen molar-refractivity contribution in [3.63, 3.8) is 0 Å². The van der Waals surface area contributed by atoms with E-state index in [1.54, 1.807) is 6.07 Å². The minimum Gasteiger partial charge on any atom is -0.398 e. The molecular weight excluding hydrogens is 238 g/mol. The van der Waals surface area contributed by atoms with Crippen LogP contribution in [0.5, 0.6) is 0 Å². The third-order valence-electron chi connectivity index (χ3n) is 3.90. The van der Waals surface area contributed by atoms with Crippen molar-refractivity contribution < 1.29 is 4.79 Å². The maximum Gasteiger partial charge on any atom is 0.251 e. The maximum absolute atomic E-state index is 12.2. The van der Waals surface area contributed by atoms with Crippen molar-refractivity contribution in [2.75, 3.05) is 32.4 Å². The first-order valence-corrected chi connectivity index (χ1v) is 6.81. The van der Waals surface area contributed by atoms with Crippen molar-refractivity contribution in [3.05, 3.63) is 28.8 Å². The van der Waals surface area contributed by atoms with Crippen LogP contribution in [0, 0.1) is 19.8 Å². The largest absolute Gasteiger partial charge is 0.398 e. The van der Waals surface area contributed by atoms with Gasteiger partial charge < -0.3 is 16.0 Å². The highest BCUT2D eigenvalue weighted by molar-refractivity contribution is 5.96. The molecule has 0 bridgehead atoms. The van der Waals surface area contributed by atoms with Crippen molar-refractivity contribution in [1.29, 1.82) is 0 Å². The van der Waals surface area contributed by atoms with Crippen LogP contribution in [0.25, 0.3) is 0 Å². The number of hydrogen-bond donors (Lipinski definition) is 2. The van der Waals surface area contributed by atoms with Gasteiger partial charge in [-0.1, -0.05) is 6.07 Å². The van der Waals surface area contributed by atoms with E-state index in [2.05, 4.69) is 17.3 Å². The molecule has 0 aromatic heterocycles. The van der Waals surface area contributed by atoms with E-state index >= 15 is 0 Å². The van der Waals surface area contributed by atoms with Gasteiger partial charge in [0.2, 0.25) is 0 Å². The predicted octanol–water partition coefficient (Wildman–Crippen LogP) is 1.57. The molecule has 1 saturated heterocycles. The zero-order valence-corrected chi connectivity index (χ0v) is 12.0. The van der Waals surface area contributed by atoms with E-state index in [1.165, 1.54) is 0 Å². The fourth-order valence-corrected chi connectivity index (χ4v) is 2.64. The number of aryl methyl sites for hydroxylation is 2. The van der Waals surface area contributed by atoms with Crippen molar-refractivity contribution in [2.24, 2.45) is 5.92 Å². The number of nitrogens with zero attached hydrogens (tertiary/aromatic N) is 1. The molecule has 104 valence electrons. The van der Waals surface area contributed by atoms with Crippen LogP contribution in [0.1, 0.15) is 27.9 Å². The second-order valence-corrected chi connectivity index (χ2v) is 5.65. The second kappa shape index (κ2) is 5.61. The SMILES string of the molecule is Cc1cc(C)c(C(=O)NCC2CCN(C)C2)cc1N. The quantitative estimate of drug-likeness (QED) is 0.812. The Bertz CT molecular complexity index is 485. The number of rotatable bonds is 3. The van der Waals surface area contributed by atoms with Crippen molar-refractivity contribution in [2.45, 2.75) is 20.3 Å². The van der Waals surface area contributed by atoms with E-state index < -0.39 is 0 Å². The van der Waals surface area contributed by atoms with E-state index in [0.717, 1.165) is 37.2 Å². The molecule has 1 aliphatic heterocycles. The summed E-state index contributed by atoms with van der Waals surface area (Å²) in [4.78, 5) is 14.5. The first-order chi connectivity index (χ1) is 8.97. The number of nitrogens with one attached hydrogen (secondary N) is 1. The highest BCUT2D eigenvalue weighted by Gasteiger charge is 2.20. The van der Waals surface area contributed by atoms with Gasteiger partial charge in [-0.3, -0.25) is 4.79 Å². The third kappa shape index (κ3) is 3.26. The van der Waals surface area contributed by atoms with E-state index in [4.69, 9.17) is 5.73 Å². The summed E-state index contributed by atoms with van der Waals surface area (Å²) in [6.45, 7) is 6.84. The Morgan fingerprint density at radius 3 is 2.79 bits per heavy atom. The van der Waals surface area contributed by atoms with Crippen LogP contribution in [0.4, 0.5) is 5.69 Å². The molecule has 3 N–H and O–H groups in total. The number of hydrogen-bond acceptors (Lipinski definition) is 3. The minimum atomic E-state index is -0.0150. The highest BCUT2D eigenvalue weighted by Crippen LogP contribution is 2.18. The molecule has 1 amide bonds. The van der Waals surface area contributed by atoms with E-state index in [9.17, 15) is 4.79 Å². The van der Waals surface area contributed by atoms with Gasteiger partial charge in [-0.15, -0.1) is 0 Å². The molecule has 0 aliphatic carbocycles. The Kier molecular flexibility index (Phi) is 4.10. The molecular formula is C15H23N3O. The summed E-state index contributed by atoms with van der Waals surface area (Å²) in [7, 11) is 2.12. The molecule has 0 radical (unpaired) electrons. The van der Waals surface area contributed by atoms with Crippen LogP contribution < -0.4 is 11.1 Å². The number of nitrogens with two attached hydrogens (primary N) is 1. The average molecular weight is 261 g/mol. The zero-order chi connectivity index (χ0) is 14.0. The average Bonchev–Trinajstić information content (AvgIpc) is 2.77. The van der Waals surface area contributed by atoms with Crippen LogP contribution in [-0.4, -0.2) is 37.5 Å². The Hall–Kier alpha value is -1.55. The maximum atomic E-state index is 12.2. The van der Waals surface area contributed by atoms with Gasteiger partial charge in [0.15, 0.2) is 0 Å². The minimum absolute atomic E-state index is 0.0150. The van der Waals surface area contributed by atoms with Gasteiger partial charge >= 0.3 is 0 Å². The van der Waals surface area contributed by atoms with Crippen molar-refractivity contribution in [1.82, 2.24) is 10.2 Å². The third-order valence-corrected chi connectivity index (χ3v) is 3.90. The fourth-order valence-electron chi connectivity index (χ4n) is 2.64. The number of anilines is 1. The highest BCUT2D eigenvalue weighted by atomic mass is 16.1. The number of carbonyl (C=O) groups is 1. The zero-order valence-electron chi connectivity index (χ0n) is 12.0. The Morgan fingerprint density at radius 2 is 2.16 bits per heavy atom. The molecule has 1 aromatic carbocycles. The van der Waals surface area contributed by atoms with Gasteiger partial charge in [0.05, 0.1) is 0 Å². The first-order valence-electron chi connectivity index (χ1n) is 6.81. The standard InChI is InChI=1S/C15H23N3O/c1-10-6-11(2)14(16)7-13(10)15(19)17-8-12-4-5-18(3)9-12/h6-7,12H,4-5,8-9,16H2,1-3H3,(H,17,19). The van der Waals surface area contributed by atoms with Crippen LogP contribution in [0.2, 0.25) is 0 Å². The lowest BCUT2D eigenvalue weighted by Crippen LogP contribution is -2.31. The first kappa shape index (κ1) is 13.9. The summed E-state index contributed by atoms with van der Waals surface area (Å²) >= 11 is 0. The smallest absolute Gasteiger partial charge is 0.251 e. The molecule has 2 rings (SSSR count). The summed E-state index contributed by atoms with van der Waals surface area (Å²) in [6, 6.07) is 3.74. The normalized spacial score (nSPS) is 19.6. The number of likely N-dealkylation sites (tertiary alicyclic amines) is 1. The van der Waals surface area contributed by atoms with Gasteiger partial charge in [-0.2, -0.15) is 0 Å². The van der Waals surface area contributed by atoms with Gasteiger partial charge in [0, 0.05) is 24.3 Å². The molecule has 4 nitrogen and oxygen atoms in total. The lowest BCUT2D eigenvalue weighted by Gasteiger charge is -2.13. The van der Waals surface area contributed by atoms with Crippen LogP contribution in [0.15, 0.2) is 12.1 Å². The van der Waals surface area contributed by atoms with Crippen LogP contribution in [0.3, 0.4) is 0 Å². The van der Waals surface area contributed by atoms with Gasteiger partial charge in [0.25, 0.3) is 5.91 Å². The summed E-state index contributed by atoms with van der Waals surface area (Å²) in [5.41, 5.74) is 9.24. The summed E-state index contributed by atoms with van der Waals surface area (Å²) in [6.07, 6.45) is 1.16. The van der Waals surface area contributed by atoms with Crippen LogP contribution >= 0.6 is 0 Å². The van der Waals surface area contributed by atoms with Crippen LogP contribution in [-0.2, 0) is 0 Å². The predicted molar refractivity (Wildman–Crippen MR) is 78.3 cm³/mol. The Labute approximate surface area is 115 Å². The molecule has 19 heavy (non-hydrogen) atoms. The molecule has 1 fully saturated rings. The Morgan fingerprint density at radius 1 is 1.42 bits per heavy atom. The lowest BCUT2D eigenvalue weighted by atomic mass is 10.0. The summed E-state index contributed by atoms with van der Waals surface area (Å²) < 4.78 is 0. The number of amides is 1. The van der Waals surface area contributed by atoms with Gasteiger partial charge in [-0.25, -0.2) is 0 Å². The molecule has 1 unspecified atom stereocenters. The number of benzene rings is 1. The number of carbonyl (C=O) groups excluding carboxylic acids is 1. The fraction of sp³-hybridized carbons (Fsp3) is 0.533. The molecule has 1 aromatic rings.